The SMILES string of the molecule is CCCCCCCCCCC(NC(=O)OC(C)(C)C)N(C(=O)OCc1ccccc1)C1CCCc2ccc(N3CCN(CCC)CC3)cc21. The third-order valence-electron chi connectivity index (χ3n) is 9.79. The van der Waals surface area contributed by atoms with Gasteiger partial charge in [-0.15, -0.1) is 0 Å². The fourth-order valence-electron chi connectivity index (χ4n) is 7.25. The van der Waals surface area contributed by atoms with Crippen molar-refractivity contribution in [1.82, 2.24) is 15.1 Å². The Labute approximate surface area is 296 Å². The number of nitrogens with one attached hydrogen (secondary N) is 1. The molecule has 2 aliphatic rings. The standard InChI is InChI=1S/C41H64N4O4/c1-6-8-9-10-11-12-13-17-23-38(42-39(46)49-41(3,4)5)45(40(47)48-32-33-19-15-14-16-20-33)37-22-18-21-34-24-25-35(31-36(34)37)44-29-27-43(26-7-2)28-30-44/h14-16,19-20,24-25,31,37-38H,6-13,17-18,21-23,26-30,32H2,1-5H3,(H,42,46). The first-order chi connectivity index (χ1) is 23.7. The predicted molar refractivity (Wildman–Crippen MR) is 200 cm³/mol. The van der Waals surface area contributed by atoms with Gasteiger partial charge in [-0.1, -0.05) is 95.2 Å². The van der Waals surface area contributed by atoms with Crippen LogP contribution in [0.15, 0.2) is 48.5 Å². The first-order valence-electron chi connectivity index (χ1n) is 19.3. The summed E-state index contributed by atoms with van der Waals surface area (Å²) in [4.78, 5) is 34.6. The Hall–Kier alpha value is -3.26. The maximum atomic E-state index is 14.3. The van der Waals surface area contributed by atoms with Crippen LogP contribution in [0.3, 0.4) is 0 Å². The number of ether oxygens (including phenoxy) is 2. The lowest BCUT2D eigenvalue weighted by Gasteiger charge is -2.41. The summed E-state index contributed by atoms with van der Waals surface area (Å²) >= 11 is 0. The molecule has 49 heavy (non-hydrogen) atoms. The third-order valence-corrected chi connectivity index (χ3v) is 9.79. The summed E-state index contributed by atoms with van der Waals surface area (Å²) in [6, 6.07) is 16.4. The molecule has 8 heteroatoms. The monoisotopic (exact) mass is 676 g/mol. The first-order valence-corrected chi connectivity index (χ1v) is 19.3. The topological polar surface area (TPSA) is 74.3 Å². The number of unbranched alkanes of at least 4 members (excludes halogenated alkanes) is 7. The Bertz CT molecular complexity index is 1270. The quantitative estimate of drug-likeness (QED) is 0.133. The largest absolute Gasteiger partial charge is 0.444 e. The number of carbonyl (C=O) groups is 2. The van der Waals surface area contributed by atoms with Crippen LogP contribution in [0.4, 0.5) is 15.3 Å². The van der Waals surface area contributed by atoms with Crippen LogP contribution < -0.4 is 10.2 Å². The molecular weight excluding hydrogens is 612 g/mol. The van der Waals surface area contributed by atoms with Gasteiger partial charge >= 0.3 is 12.2 Å². The van der Waals surface area contributed by atoms with E-state index in [1.165, 1.54) is 55.3 Å². The van der Waals surface area contributed by atoms with Crippen LogP contribution >= 0.6 is 0 Å². The summed E-state index contributed by atoms with van der Waals surface area (Å²) in [5, 5.41) is 3.14. The summed E-state index contributed by atoms with van der Waals surface area (Å²) in [5.74, 6) is 0. The molecule has 1 aliphatic heterocycles. The van der Waals surface area contributed by atoms with Gasteiger partial charge in [0.2, 0.25) is 0 Å². The summed E-state index contributed by atoms with van der Waals surface area (Å²) in [6.45, 7) is 15.5. The highest BCUT2D eigenvalue weighted by Crippen LogP contribution is 2.39. The van der Waals surface area contributed by atoms with Gasteiger partial charge in [0.1, 0.15) is 18.4 Å². The molecule has 2 atom stereocenters. The van der Waals surface area contributed by atoms with Crippen molar-refractivity contribution in [3.05, 3.63) is 65.2 Å². The molecule has 2 aromatic rings. The van der Waals surface area contributed by atoms with Gasteiger partial charge in [0.05, 0.1) is 6.04 Å². The number of carbonyl (C=O) groups excluding carboxylic acids is 2. The highest BCUT2D eigenvalue weighted by molar-refractivity contribution is 5.72. The Morgan fingerprint density at radius 3 is 2.27 bits per heavy atom. The van der Waals surface area contributed by atoms with E-state index in [-0.39, 0.29) is 12.6 Å². The van der Waals surface area contributed by atoms with Crippen molar-refractivity contribution >= 4 is 17.9 Å². The van der Waals surface area contributed by atoms with Gasteiger partial charge < -0.3 is 19.7 Å². The number of rotatable bonds is 17. The van der Waals surface area contributed by atoms with Crippen LogP contribution in [0.5, 0.6) is 0 Å². The smallest absolute Gasteiger partial charge is 0.412 e. The van der Waals surface area contributed by atoms with Gasteiger partial charge in [0.15, 0.2) is 0 Å². The molecule has 0 aromatic heterocycles. The van der Waals surface area contributed by atoms with E-state index in [9.17, 15) is 9.59 Å². The van der Waals surface area contributed by atoms with E-state index in [2.05, 4.69) is 47.2 Å². The Morgan fingerprint density at radius 1 is 0.898 bits per heavy atom. The number of piperazine rings is 1. The van der Waals surface area contributed by atoms with E-state index >= 15 is 0 Å². The minimum absolute atomic E-state index is 0.175. The average Bonchev–Trinajstić information content (AvgIpc) is 3.08. The van der Waals surface area contributed by atoms with E-state index in [1.807, 2.05) is 56.0 Å². The molecule has 4 rings (SSSR count). The first kappa shape index (κ1) is 38.5. The Kier molecular flexibility index (Phi) is 15.6. The van der Waals surface area contributed by atoms with Crippen molar-refractivity contribution in [2.45, 2.75) is 143 Å². The minimum Gasteiger partial charge on any atom is -0.444 e. The molecule has 1 saturated heterocycles. The third kappa shape index (κ3) is 12.5. The number of nitrogens with zero attached hydrogens (tertiary/aromatic N) is 3. The van der Waals surface area contributed by atoms with E-state index < -0.39 is 24.0 Å². The molecular formula is C41H64N4O4. The van der Waals surface area contributed by atoms with Crippen LogP contribution in [-0.4, -0.2) is 66.5 Å². The number of aryl methyl sites for hydroxylation is 1. The number of alkyl carbamates (subject to hydrolysis) is 1. The number of hydrogen-bond acceptors (Lipinski definition) is 6. The molecule has 0 radical (unpaired) electrons. The van der Waals surface area contributed by atoms with Gasteiger partial charge in [0.25, 0.3) is 0 Å². The molecule has 272 valence electrons. The highest BCUT2D eigenvalue weighted by Gasteiger charge is 2.37. The summed E-state index contributed by atoms with van der Waals surface area (Å²) in [7, 11) is 0. The maximum absolute atomic E-state index is 14.3. The minimum atomic E-state index is -0.654. The van der Waals surface area contributed by atoms with E-state index in [4.69, 9.17) is 9.47 Å². The second kappa shape index (κ2) is 19.8. The molecule has 0 spiro atoms. The normalized spacial score (nSPS) is 17.2. The molecule has 1 N–H and O–H groups in total. The summed E-state index contributed by atoms with van der Waals surface area (Å²) in [5.41, 5.74) is 3.93. The molecule has 1 aliphatic carbocycles. The summed E-state index contributed by atoms with van der Waals surface area (Å²) < 4.78 is 11.8. The lowest BCUT2D eigenvalue weighted by Crippen LogP contribution is -2.53. The van der Waals surface area contributed by atoms with Crippen molar-refractivity contribution in [2.24, 2.45) is 0 Å². The molecule has 2 aromatic carbocycles. The zero-order valence-corrected chi connectivity index (χ0v) is 31.2. The molecule has 2 unspecified atom stereocenters. The fourth-order valence-corrected chi connectivity index (χ4v) is 7.25. The van der Waals surface area contributed by atoms with Crippen molar-refractivity contribution < 1.29 is 19.1 Å². The van der Waals surface area contributed by atoms with Gasteiger partial charge in [-0.05, 0) is 94.7 Å². The number of amides is 2. The number of hydrogen-bond donors (Lipinski definition) is 1. The number of benzene rings is 2. The predicted octanol–water partition coefficient (Wildman–Crippen LogP) is 9.62. The number of anilines is 1. The Morgan fingerprint density at radius 2 is 1.59 bits per heavy atom. The van der Waals surface area contributed by atoms with Crippen LogP contribution in [0.25, 0.3) is 0 Å². The zero-order chi connectivity index (χ0) is 35.1. The maximum Gasteiger partial charge on any atom is 0.412 e. The molecule has 8 nitrogen and oxygen atoms in total. The van der Waals surface area contributed by atoms with Crippen molar-refractivity contribution in [3.63, 3.8) is 0 Å². The summed E-state index contributed by atoms with van der Waals surface area (Å²) in [6.07, 6.45) is 12.5. The fraction of sp³-hybridized carbons (Fsp3) is 0.659. The van der Waals surface area contributed by atoms with Crippen molar-refractivity contribution in [2.75, 3.05) is 37.6 Å². The van der Waals surface area contributed by atoms with E-state index in [0.717, 1.165) is 76.8 Å². The van der Waals surface area contributed by atoms with Crippen LogP contribution in [0, 0.1) is 0 Å². The zero-order valence-electron chi connectivity index (χ0n) is 31.2. The van der Waals surface area contributed by atoms with Crippen LogP contribution in [0.1, 0.15) is 134 Å². The molecule has 1 fully saturated rings. The Balaban J connectivity index is 1.60. The molecule has 2 amide bonds. The molecule has 0 saturated carbocycles. The van der Waals surface area contributed by atoms with E-state index in [1.54, 1.807) is 0 Å². The van der Waals surface area contributed by atoms with E-state index in [0.29, 0.717) is 6.42 Å². The molecule has 1 heterocycles. The van der Waals surface area contributed by atoms with Gasteiger partial charge in [-0.3, -0.25) is 9.80 Å². The highest BCUT2D eigenvalue weighted by atomic mass is 16.6. The van der Waals surface area contributed by atoms with Crippen LogP contribution in [0.2, 0.25) is 0 Å². The number of fused-ring (bicyclic) bond motifs is 1. The van der Waals surface area contributed by atoms with Gasteiger partial charge in [0, 0.05) is 31.9 Å². The second-order valence-electron chi connectivity index (χ2n) is 15.0. The van der Waals surface area contributed by atoms with Gasteiger partial charge in [-0.25, -0.2) is 9.59 Å². The van der Waals surface area contributed by atoms with Crippen LogP contribution in [-0.2, 0) is 22.5 Å². The van der Waals surface area contributed by atoms with Crippen molar-refractivity contribution in [1.29, 1.82) is 0 Å². The van der Waals surface area contributed by atoms with Crippen molar-refractivity contribution in [3.8, 4) is 0 Å². The molecule has 0 bridgehead atoms. The lowest BCUT2D eigenvalue weighted by atomic mass is 9.86. The average molecular weight is 677 g/mol. The second-order valence-corrected chi connectivity index (χ2v) is 15.0. The lowest BCUT2D eigenvalue weighted by molar-refractivity contribution is 0.0245. The van der Waals surface area contributed by atoms with Gasteiger partial charge in [-0.2, -0.15) is 0 Å².